The standard InChI is InChI=1S/C15H21Cl2N/c1-11-5-2-3-6-12(11)9-18-10-13-14(16)7-4-8-15(13)17/h4,7-8,11-12,18H,2-3,5-6,9-10H2,1H3. The van der Waals surface area contributed by atoms with Gasteiger partial charge in [-0.2, -0.15) is 0 Å². The molecule has 1 aliphatic carbocycles. The normalized spacial score (nSPS) is 24.2. The van der Waals surface area contributed by atoms with Crippen LogP contribution in [0, 0.1) is 11.8 Å². The van der Waals surface area contributed by atoms with Crippen LogP contribution >= 0.6 is 23.2 Å². The molecule has 1 aromatic rings. The van der Waals surface area contributed by atoms with Gasteiger partial charge in [0.05, 0.1) is 0 Å². The first-order chi connectivity index (χ1) is 8.68. The summed E-state index contributed by atoms with van der Waals surface area (Å²) in [5.74, 6) is 1.65. The number of benzene rings is 1. The largest absolute Gasteiger partial charge is 0.312 e. The predicted octanol–water partition coefficient (Wildman–Crippen LogP) is 4.91. The van der Waals surface area contributed by atoms with Crippen LogP contribution < -0.4 is 5.32 Å². The molecule has 0 radical (unpaired) electrons. The second-order valence-corrected chi connectivity index (χ2v) is 6.17. The van der Waals surface area contributed by atoms with Crippen molar-refractivity contribution in [3.05, 3.63) is 33.8 Å². The van der Waals surface area contributed by atoms with Gasteiger partial charge in [-0.25, -0.2) is 0 Å². The lowest BCUT2D eigenvalue weighted by atomic mass is 9.80. The van der Waals surface area contributed by atoms with Gasteiger partial charge in [-0.1, -0.05) is 55.5 Å². The van der Waals surface area contributed by atoms with Crippen molar-refractivity contribution < 1.29 is 0 Å². The predicted molar refractivity (Wildman–Crippen MR) is 79.3 cm³/mol. The zero-order valence-corrected chi connectivity index (χ0v) is 12.4. The van der Waals surface area contributed by atoms with Gasteiger partial charge in [0.1, 0.15) is 0 Å². The minimum Gasteiger partial charge on any atom is -0.312 e. The number of hydrogen-bond donors (Lipinski definition) is 1. The quantitative estimate of drug-likeness (QED) is 0.829. The SMILES string of the molecule is CC1CCCCC1CNCc1c(Cl)cccc1Cl. The lowest BCUT2D eigenvalue weighted by molar-refractivity contribution is 0.247. The first-order valence-corrected chi connectivity index (χ1v) is 7.57. The molecule has 1 aliphatic rings. The molecule has 2 rings (SSSR count). The fraction of sp³-hybridized carbons (Fsp3) is 0.600. The van der Waals surface area contributed by atoms with Gasteiger partial charge in [0, 0.05) is 22.2 Å². The van der Waals surface area contributed by atoms with Crippen LogP contribution in [0.15, 0.2) is 18.2 Å². The summed E-state index contributed by atoms with van der Waals surface area (Å²) in [5.41, 5.74) is 1.02. The van der Waals surface area contributed by atoms with Gasteiger partial charge in [0.2, 0.25) is 0 Å². The fourth-order valence-electron chi connectivity index (χ4n) is 2.78. The Morgan fingerprint density at radius 2 is 1.83 bits per heavy atom. The van der Waals surface area contributed by atoms with E-state index in [1.165, 1.54) is 25.7 Å². The van der Waals surface area contributed by atoms with E-state index < -0.39 is 0 Å². The van der Waals surface area contributed by atoms with Gasteiger partial charge in [0.15, 0.2) is 0 Å². The molecule has 0 bridgehead atoms. The highest BCUT2D eigenvalue weighted by molar-refractivity contribution is 6.35. The van der Waals surface area contributed by atoms with E-state index in [0.29, 0.717) is 0 Å². The molecule has 0 amide bonds. The van der Waals surface area contributed by atoms with E-state index in [1.807, 2.05) is 18.2 Å². The van der Waals surface area contributed by atoms with Crippen LogP contribution in [0.2, 0.25) is 10.0 Å². The molecule has 18 heavy (non-hydrogen) atoms. The molecule has 1 nitrogen and oxygen atoms in total. The molecule has 0 heterocycles. The van der Waals surface area contributed by atoms with Crippen molar-refractivity contribution in [1.82, 2.24) is 5.32 Å². The van der Waals surface area contributed by atoms with Crippen LogP contribution in [0.3, 0.4) is 0 Å². The maximum absolute atomic E-state index is 6.16. The molecule has 2 unspecified atom stereocenters. The van der Waals surface area contributed by atoms with E-state index in [9.17, 15) is 0 Å². The highest BCUT2D eigenvalue weighted by Crippen LogP contribution is 2.29. The van der Waals surface area contributed by atoms with Crippen LogP contribution in [0.1, 0.15) is 38.2 Å². The molecule has 0 spiro atoms. The molecule has 1 fully saturated rings. The fourth-order valence-corrected chi connectivity index (χ4v) is 3.31. The van der Waals surface area contributed by atoms with Gasteiger partial charge in [0.25, 0.3) is 0 Å². The Hall–Kier alpha value is -0.240. The highest BCUT2D eigenvalue weighted by atomic mass is 35.5. The van der Waals surface area contributed by atoms with Crippen LogP contribution in [0.4, 0.5) is 0 Å². The third kappa shape index (κ3) is 3.63. The number of halogens is 2. The summed E-state index contributed by atoms with van der Waals surface area (Å²) < 4.78 is 0. The summed E-state index contributed by atoms with van der Waals surface area (Å²) in [6.07, 6.45) is 5.50. The average molecular weight is 286 g/mol. The molecule has 1 N–H and O–H groups in total. The summed E-state index contributed by atoms with van der Waals surface area (Å²) in [6, 6.07) is 5.68. The first-order valence-electron chi connectivity index (χ1n) is 6.82. The first kappa shape index (κ1) is 14.2. The van der Waals surface area contributed by atoms with Gasteiger partial charge in [-0.05, 0) is 36.9 Å². The Morgan fingerprint density at radius 1 is 1.17 bits per heavy atom. The summed E-state index contributed by atoms with van der Waals surface area (Å²) in [4.78, 5) is 0. The third-order valence-corrected chi connectivity index (χ3v) is 4.77. The smallest absolute Gasteiger partial charge is 0.0465 e. The zero-order chi connectivity index (χ0) is 13.0. The monoisotopic (exact) mass is 285 g/mol. The van der Waals surface area contributed by atoms with E-state index in [-0.39, 0.29) is 0 Å². The van der Waals surface area contributed by atoms with Gasteiger partial charge in [-0.15, -0.1) is 0 Å². The molecule has 0 saturated heterocycles. The average Bonchev–Trinajstić information content (AvgIpc) is 2.35. The maximum Gasteiger partial charge on any atom is 0.0465 e. The van der Waals surface area contributed by atoms with E-state index >= 15 is 0 Å². The minimum atomic E-state index is 0.756. The second kappa shape index (κ2) is 6.79. The lowest BCUT2D eigenvalue weighted by Gasteiger charge is -2.29. The van der Waals surface area contributed by atoms with Gasteiger partial charge in [-0.3, -0.25) is 0 Å². The molecule has 100 valence electrons. The minimum absolute atomic E-state index is 0.756. The molecule has 0 aromatic heterocycles. The van der Waals surface area contributed by atoms with Crippen LogP contribution in [-0.4, -0.2) is 6.54 Å². The second-order valence-electron chi connectivity index (χ2n) is 5.35. The molecule has 1 aromatic carbocycles. The lowest BCUT2D eigenvalue weighted by Crippen LogP contribution is -2.29. The number of hydrogen-bond acceptors (Lipinski definition) is 1. The molecule has 0 aliphatic heterocycles. The Balaban J connectivity index is 1.84. The van der Waals surface area contributed by atoms with Crippen molar-refractivity contribution in [3.63, 3.8) is 0 Å². The van der Waals surface area contributed by atoms with Crippen molar-refractivity contribution >= 4 is 23.2 Å². The zero-order valence-electron chi connectivity index (χ0n) is 10.9. The van der Waals surface area contributed by atoms with Crippen LogP contribution in [0.5, 0.6) is 0 Å². The van der Waals surface area contributed by atoms with Crippen molar-refractivity contribution in [3.8, 4) is 0 Å². The van der Waals surface area contributed by atoms with Crippen molar-refractivity contribution in [2.24, 2.45) is 11.8 Å². The molecule has 1 saturated carbocycles. The van der Waals surface area contributed by atoms with Crippen molar-refractivity contribution in [1.29, 1.82) is 0 Å². The Labute approximate surface area is 120 Å². The molecule has 2 atom stereocenters. The summed E-state index contributed by atoms with van der Waals surface area (Å²) in [6.45, 7) is 4.21. The summed E-state index contributed by atoms with van der Waals surface area (Å²) >= 11 is 12.3. The molecule has 3 heteroatoms. The van der Waals surface area contributed by atoms with Gasteiger partial charge >= 0.3 is 0 Å². The van der Waals surface area contributed by atoms with E-state index in [4.69, 9.17) is 23.2 Å². The van der Waals surface area contributed by atoms with Crippen molar-refractivity contribution in [2.45, 2.75) is 39.2 Å². The third-order valence-electron chi connectivity index (χ3n) is 4.06. The Morgan fingerprint density at radius 3 is 2.50 bits per heavy atom. The van der Waals surface area contributed by atoms with E-state index in [0.717, 1.165) is 40.5 Å². The van der Waals surface area contributed by atoms with E-state index in [2.05, 4.69) is 12.2 Å². The Kier molecular flexibility index (Phi) is 5.35. The molecular formula is C15H21Cl2N. The summed E-state index contributed by atoms with van der Waals surface area (Å²) in [5, 5.41) is 5.03. The molecular weight excluding hydrogens is 265 g/mol. The van der Waals surface area contributed by atoms with Crippen LogP contribution in [0.25, 0.3) is 0 Å². The van der Waals surface area contributed by atoms with Gasteiger partial charge < -0.3 is 5.32 Å². The summed E-state index contributed by atoms with van der Waals surface area (Å²) in [7, 11) is 0. The Bertz CT molecular complexity index is 372. The topological polar surface area (TPSA) is 12.0 Å². The number of nitrogens with one attached hydrogen (secondary N) is 1. The van der Waals surface area contributed by atoms with E-state index in [1.54, 1.807) is 0 Å². The number of rotatable bonds is 4. The maximum atomic E-state index is 6.16. The van der Waals surface area contributed by atoms with Crippen LogP contribution in [-0.2, 0) is 6.54 Å². The van der Waals surface area contributed by atoms with Crippen molar-refractivity contribution in [2.75, 3.05) is 6.54 Å². The highest BCUT2D eigenvalue weighted by Gasteiger charge is 2.20.